The summed E-state index contributed by atoms with van der Waals surface area (Å²) in [6, 6.07) is 7.21. The van der Waals surface area contributed by atoms with Crippen molar-refractivity contribution in [2.75, 3.05) is 14.1 Å². The van der Waals surface area contributed by atoms with Gasteiger partial charge in [0, 0.05) is 24.6 Å². The maximum Gasteiger partial charge on any atom is 0.235 e. The van der Waals surface area contributed by atoms with Crippen LogP contribution in [0.1, 0.15) is 17.3 Å². The van der Waals surface area contributed by atoms with Gasteiger partial charge in [-0.25, -0.2) is 0 Å². The second-order valence-corrected chi connectivity index (χ2v) is 5.09. The zero-order valence-electron chi connectivity index (χ0n) is 9.64. The average Bonchev–Trinajstić information content (AvgIpc) is 2.28. The molecule has 0 saturated carbocycles. The van der Waals surface area contributed by atoms with Gasteiger partial charge in [0.05, 0.1) is 5.25 Å². The molecule has 1 unspecified atom stereocenters. The first kappa shape index (κ1) is 12.8. The fraction of sp³-hybridized carbons (Fsp3) is 0.333. The lowest BCUT2D eigenvalue weighted by Crippen LogP contribution is -2.29. The Labute approximate surface area is 99.8 Å². The average molecular weight is 237 g/mol. The lowest BCUT2D eigenvalue weighted by molar-refractivity contribution is -0.127. The number of benzene rings is 1. The zero-order chi connectivity index (χ0) is 12.1. The van der Waals surface area contributed by atoms with Crippen molar-refractivity contribution in [3.63, 3.8) is 0 Å². The van der Waals surface area contributed by atoms with Crippen LogP contribution in [0.15, 0.2) is 29.2 Å². The predicted octanol–water partition coefficient (Wildman–Crippen LogP) is 2.07. The largest absolute Gasteiger partial charge is 0.348 e. The van der Waals surface area contributed by atoms with Crippen LogP contribution in [0.2, 0.25) is 0 Å². The summed E-state index contributed by atoms with van der Waals surface area (Å²) in [5.41, 5.74) is 0.649. The molecule has 0 aliphatic heterocycles. The summed E-state index contributed by atoms with van der Waals surface area (Å²) < 4.78 is 0. The number of carbonyl (C=O) groups excluding carboxylic acids is 2. The van der Waals surface area contributed by atoms with Crippen molar-refractivity contribution in [1.82, 2.24) is 4.90 Å². The Bertz CT molecular complexity index is 373. The number of rotatable bonds is 4. The fourth-order valence-electron chi connectivity index (χ4n) is 1.24. The van der Waals surface area contributed by atoms with Gasteiger partial charge in [-0.05, 0) is 19.1 Å². The highest BCUT2D eigenvalue weighted by atomic mass is 32.2. The van der Waals surface area contributed by atoms with Gasteiger partial charge in [0.1, 0.15) is 6.29 Å². The lowest BCUT2D eigenvalue weighted by atomic mass is 10.2. The molecular weight excluding hydrogens is 222 g/mol. The number of amides is 1. The molecule has 3 nitrogen and oxygen atoms in total. The first-order chi connectivity index (χ1) is 7.54. The van der Waals surface area contributed by atoms with Crippen molar-refractivity contribution >= 4 is 24.0 Å². The van der Waals surface area contributed by atoms with E-state index in [4.69, 9.17) is 0 Å². The quantitative estimate of drug-likeness (QED) is 0.594. The number of hydrogen-bond donors (Lipinski definition) is 0. The molecule has 0 N–H and O–H groups in total. The zero-order valence-corrected chi connectivity index (χ0v) is 10.5. The molecule has 0 heterocycles. The Morgan fingerprint density at radius 2 is 1.88 bits per heavy atom. The van der Waals surface area contributed by atoms with Crippen LogP contribution in [0, 0.1) is 0 Å². The molecule has 1 rings (SSSR count). The minimum Gasteiger partial charge on any atom is -0.348 e. The molecule has 16 heavy (non-hydrogen) atoms. The van der Waals surface area contributed by atoms with Gasteiger partial charge in [-0.15, -0.1) is 11.8 Å². The summed E-state index contributed by atoms with van der Waals surface area (Å²) in [5.74, 6) is 0.0875. The highest BCUT2D eigenvalue weighted by Gasteiger charge is 2.15. The van der Waals surface area contributed by atoms with Crippen molar-refractivity contribution < 1.29 is 9.59 Å². The van der Waals surface area contributed by atoms with Crippen molar-refractivity contribution in [3.05, 3.63) is 29.8 Å². The Morgan fingerprint density at radius 3 is 2.31 bits per heavy atom. The van der Waals surface area contributed by atoms with Crippen molar-refractivity contribution in [3.8, 4) is 0 Å². The monoisotopic (exact) mass is 237 g/mol. The van der Waals surface area contributed by atoms with Crippen LogP contribution < -0.4 is 0 Å². The first-order valence-corrected chi connectivity index (χ1v) is 5.85. The normalized spacial score (nSPS) is 11.9. The second kappa shape index (κ2) is 5.70. The topological polar surface area (TPSA) is 37.4 Å². The van der Waals surface area contributed by atoms with Gasteiger partial charge >= 0.3 is 0 Å². The number of aldehydes is 1. The molecule has 1 amide bonds. The Morgan fingerprint density at radius 1 is 1.31 bits per heavy atom. The van der Waals surface area contributed by atoms with Gasteiger partial charge in [0.2, 0.25) is 5.91 Å². The van der Waals surface area contributed by atoms with Gasteiger partial charge in [-0.1, -0.05) is 12.1 Å². The van der Waals surface area contributed by atoms with E-state index < -0.39 is 0 Å². The molecule has 1 aromatic carbocycles. The minimum absolute atomic E-state index is 0.0875. The van der Waals surface area contributed by atoms with Crippen LogP contribution in [0.5, 0.6) is 0 Å². The van der Waals surface area contributed by atoms with Gasteiger partial charge in [-0.2, -0.15) is 0 Å². The Balaban J connectivity index is 2.66. The Kier molecular flexibility index (Phi) is 4.55. The first-order valence-electron chi connectivity index (χ1n) is 4.97. The van der Waals surface area contributed by atoms with Crippen molar-refractivity contribution in [2.24, 2.45) is 0 Å². The predicted molar refractivity (Wildman–Crippen MR) is 65.8 cm³/mol. The third-order valence-electron chi connectivity index (χ3n) is 2.12. The van der Waals surface area contributed by atoms with E-state index in [9.17, 15) is 9.59 Å². The molecule has 0 aliphatic rings. The summed E-state index contributed by atoms with van der Waals surface area (Å²) in [5, 5.41) is -0.114. The number of nitrogens with zero attached hydrogens (tertiary/aromatic N) is 1. The van der Waals surface area contributed by atoms with Crippen LogP contribution >= 0.6 is 11.8 Å². The summed E-state index contributed by atoms with van der Waals surface area (Å²) in [6.45, 7) is 1.88. The maximum absolute atomic E-state index is 11.6. The molecule has 1 aromatic rings. The number of hydrogen-bond acceptors (Lipinski definition) is 3. The highest BCUT2D eigenvalue weighted by Crippen LogP contribution is 2.24. The molecule has 0 radical (unpaired) electrons. The maximum atomic E-state index is 11.6. The molecule has 0 spiro atoms. The summed E-state index contributed by atoms with van der Waals surface area (Å²) in [6.07, 6.45) is 0.808. The SMILES string of the molecule is CC(Sc1ccc(C=O)cc1)C(=O)N(C)C. The van der Waals surface area contributed by atoms with E-state index in [-0.39, 0.29) is 11.2 Å². The highest BCUT2D eigenvalue weighted by molar-refractivity contribution is 8.00. The summed E-state index contributed by atoms with van der Waals surface area (Å²) in [7, 11) is 3.49. The van der Waals surface area contributed by atoms with Crippen LogP contribution in [0.25, 0.3) is 0 Å². The molecule has 4 heteroatoms. The van der Waals surface area contributed by atoms with Crippen LogP contribution in [0.4, 0.5) is 0 Å². The molecule has 86 valence electrons. The summed E-state index contributed by atoms with van der Waals surface area (Å²) >= 11 is 1.49. The lowest BCUT2D eigenvalue weighted by Gasteiger charge is -2.16. The van der Waals surface area contributed by atoms with E-state index in [1.54, 1.807) is 31.1 Å². The molecule has 0 saturated heterocycles. The molecule has 0 bridgehead atoms. The van der Waals surface area contributed by atoms with Gasteiger partial charge in [-0.3, -0.25) is 9.59 Å². The third kappa shape index (κ3) is 3.38. The van der Waals surface area contributed by atoms with Gasteiger partial charge < -0.3 is 4.90 Å². The minimum atomic E-state index is -0.114. The van der Waals surface area contributed by atoms with Gasteiger partial charge in [0.15, 0.2) is 0 Å². The van der Waals surface area contributed by atoms with E-state index in [2.05, 4.69) is 0 Å². The standard InChI is InChI=1S/C12H15NO2S/c1-9(12(15)13(2)3)16-11-6-4-10(8-14)5-7-11/h4-9H,1-3H3. The number of thioether (sulfide) groups is 1. The van der Waals surface area contributed by atoms with E-state index in [0.717, 1.165) is 11.2 Å². The molecule has 0 fully saturated rings. The van der Waals surface area contributed by atoms with Gasteiger partial charge in [0.25, 0.3) is 0 Å². The smallest absolute Gasteiger partial charge is 0.235 e. The second-order valence-electron chi connectivity index (χ2n) is 3.68. The van der Waals surface area contributed by atoms with Crippen molar-refractivity contribution in [1.29, 1.82) is 0 Å². The molecule has 1 atom stereocenters. The van der Waals surface area contributed by atoms with Crippen molar-refractivity contribution in [2.45, 2.75) is 17.1 Å². The van der Waals surface area contributed by atoms with Crippen LogP contribution in [-0.2, 0) is 4.79 Å². The summed E-state index contributed by atoms with van der Waals surface area (Å²) in [4.78, 5) is 24.7. The third-order valence-corrected chi connectivity index (χ3v) is 3.22. The molecular formula is C12H15NO2S. The number of carbonyl (C=O) groups is 2. The van der Waals surface area contributed by atoms with E-state index in [1.165, 1.54) is 11.8 Å². The molecule has 0 aliphatic carbocycles. The van der Waals surface area contributed by atoms with E-state index >= 15 is 0 Å². The van der Waals surface area contributed by atoms with E-state index in [1.807, 2.05) is 19.1 Å². The van der Waals surface area contributed by atoms with Crippen LogP contribution in [0.3, 0.4) is 0 Å². The molecule has 0 aromatic heterocycles. The van der Waals surface area contributed by atoms with E-state index in [0.29, 0.717) is 5.56 Å². The fourth-order valence-corrected chi connectivity index (χ4v) is 2.26. The van der Waals surface area contributed by atoms with Crippen LogP contribution in [-0.4, -0.2) is 36.4 Å². The Hall–Kier alpha value is -1.29.